The van der Waals surface area contributed by atoms with Crippen molar-refractivity contribution in [1.29, 1.82) is 0 Å². The first-order chi connectivity index (χ1) is 11.2. The van der Waals surface area contributed by atoms with E-state index in [1.807, 2.05) is 36.4 Å². The molecule has 1 fully saturated rings. The lowest BCUT2D eigenvalue weighted by molar-refractivity contribution is 0.226. The normalized spacial score (nSPS) is 21.0. The Bertz CT molecular complexity index is 627. The van der Waals surface area contributed by atoms with E-state index in [9.17, 15) is 0 Å². The fourth-order valence-electron chi connectivity index (χ4n) is 2.84. The van der Waals surface area contributed by atoms with Crippen molar-refractivity contribution in [3.8, 4) is 11.4 Å². The van der Waals surface area contributed by atoms with E-state index in [-0.39, 0.29) is 0 Å². The van der Waals surface area contributed by atoms with Crippen molar-refractivity contribution < 1.29 is 4.52 Å². The fourth-order valence-corrected chi connectivity index (χ4v) is 2.84. The summed E-state index contributed by atoms with van der Waals surface area (Å²) in [5, 5.41) is 4.08. The molecular formula is C17H23N5O. The standard InChI is InChI=1S/C17H23N5O/c1-3-9-22(11-15-10-13(2)19-20-15)12-16-18-17(21-23-16)14-7-5-4-6-8-14/h3-8,13,15,19-20H,1,9-12H2,2H3. The average molecular weight is 313 g/mol. The van der Waals surface area contributed by atoms with E-state index in [1.165, 1.54) is 0 Å². The molecule has 2 heterocycles. The summed E-state index contributed by atoms with van der Waals surface area (Å²) < 4.78 is 5.41. The van der Waals surface area contributed by atoms with E-state index in [0.29, 0.717) is 30.3 Å². The van der Waals surface area contributed by atoms with Crippen molar-refractivity contribution in [1.82, 2.24) is 25.9 Å². The molecule has 1 aromatic heterocycles. The zero-order valence-electron chi connectivity index (χ0n) is 13.4. The molecule has 1 aliphatic heterocycles. The maximum absolute atomic E-state index is 5.41. The molecule has 0 spiro atoms. The second-order valence-corrected chi connectivity index (χ2v) is 5.98. The summed E-state index contributed by atoms with van der Waals surface area (Å²) in [5.74, 6) is 1.26. The van der Waals surface area contributed by atoms with Crippen molar-refractivity contribution >= 4 is 0 Å². The van der Waals surface area contributed by atoms with Crippen LogP contribution in [0.1, 0.15) is 19.2 Å². The van der Waals surface area contributed by atoms with Gasteiger partial charge in [0.2, 0.25) is 11.7 Å². The third kappa shape index (κ3) is 4.25. The van der Waals surface area contributed by atoms with Crippen LogP contribution in [0.5, 0.6) is 0 Å². The zero-order valence-corrected chi connectivity index (χ0v) is 13.4. The van der Waals surface area contributed by atoms with Crippen LogP contribution in [0.25, 0.3) is 11.4 Å². The maximum atomic E-state index is 5.41. The number of nitrogens with one attached hydrogen (secondary N) is 2. The van der Waals surface area contributed by atoms with Gasteiger partial charge in [-0.2, -0.15) is 4.98 Å². The average Bonchev–Trinajstić information content (AvgIpc) is 3.18. The third-order valence-corrected chi connectivity index (χ3v) is 3.90. The summed E-state index contributed by atoms with van der Waals surface area (Å²) in [6.45, 7) is 8.34. The van der Waals surface area contributed by atoms with E-state index >= 15 is 0 Å². The lowest BCUT2D eigenvalue weighted by Gasteiger charge is -2.22. The van der Waals surface area contributed by atoms with Gasteiger partial charge in [-0.1, -0.05) is 41.6 Å². The molecule has 122 valence electrons. The van der Waals surface area contributed by atoms with Gasteiger partial charge in [0.05, 0.1) is 6.54 Å². The van der Waals surface area contributed by atoms with Crippen molar-refractivity contribution in [2.45, 2.75) is 32.0 Å². The Morgan fingerprint density at radius 2 is 2.17 bits per heavy atom. The Morgan fingerprint density at radius 3 is 2.87 bits per heavy atom. The Balaban J connectivity index is 1.63. The summed E-state index contributed by atoms with van der Waals surface area (Å²) in [7, 11) is 0. The zero-order chi connectivity index (χ0) is 16.1. The molecule has 1 aromatic carbocycles. The van der Waals surface area contributed by atoms with E-state index in [2.05, 4.69) is 39.4 Å². The van der Waals surface area contributed by atoms with Gasteiger partial charge in [0, 0.05) is 30.7 Å². The molecule has 2 unspecified atom stereocenters. The van der Waals surface area contributed by atoms with Crippen molar-refractivity contribution in [2.75, 3.05) is 13.1 Å². The summed E-state index contributed by atoms with van der Waals surface area (Å²) in [6.07, 6.45) is 3.01. The van der Waals surface area contributed by atoms with Gasteiger partial charge >= 0.3 is 0 Å². The molecule has 0 amide bonds. The first-order valence-corrected chi connectivity index (χ1v) is 7.97. The van der Waals surface area contributed by atoms with Crippen molar-refractivity contribution in [3.63, 3.8) is 0 Å². The highest BCUT2D eigenvalue weighted by molar-refractivity contribution is 5.53. The van der Waals surface area contributed by atoms with Gasteiger partial charge in [-0.05, 0) is 13.3 Å². The Morgan fingerprint density at radius 1 is 1.35 bits per heavy atom. The molecule has 3 rings (SSSR count). The number of hydrogen-bond donors (Lipinski definition) is 2. The smallest absolute Gasteiger partial charge is 0.241 e. The molecule has 6 heteroatoms. The van der Waals surface area contributed by atoms with Crippen LogP contribution in [0.2, 0.25) is 0 Å². The van der Waals surface area contributed by atoms with Gasteiger partial charge in [-0.3, -0.25) is 15.8 Å². The first kappa shape index (κ1) is 15.9. The molecule has 23 heavy (non-hydrogen) atoms. The van der Waals surface area contributed by atoms with E-state index in [4.69, 9.17) is 4.52 Å². The van der Waals surface area contributed by atoms with Crippen molar-refractivity contribution in [2.24, 2.45) is 0 Å². The highest BCUT2D eigenvalue weighted by atomic mass is 16.5. The topological polar surface area (TPSA) is 66.2 Å². The number of benzene rings is 1. The summed E-state index contributed by atoms with van der Waals surface area (Å²) >= 11 is 0. The minimum absolute atomic E-state index is 0.418. The molecule has 2 atom stereocenters. The summed E-state index contributed by atoms with van der Waals surface area (Å²) in [6, 6.07) is 10.8. The SMILES string of the molecule is C=CCN(Cc1nc(-c2ccccc2)no1)CC1CC(C)NN1. The minimum atomic E-state index is 0.418. The number of hydrogen-bond acceptors (Lipinski definition) is 6. The molecule has 6 nitrogen and oxygen atoms in total. The highest BCUT2D eigenvalue weighted by Crippen LogP contribution is 2.16. The van der Waals surface area contributed by atoms with Crippen LogP contribution in [0.3, 0.4) is 0 Å². The number of nitrogens with zero attached hydrogens (tertiary/aromatic N) is 3. The molecule has 1 aliphatic rings. The third-order valence-electron chi connectivity index (χ3n) is 3.90. The fraction of sp³-hybridized carbons (Fsp3) is 0.412. The molecular weight excluding hydrogens is 290 g/mol. The van der Waals surface area contributed by atoms with E-state index in [1.54, 1.807) is 0 Å². The van der Waals surface area contributed by atoms with E-state index < -0.39 is 0 Å². The second kappa shape index (κ2) is 7.50. The number of hydrazine groups is 1. The monoisotopic (exact) mass is 313 g/mol. The summed E-state index contributed by atoms with van der Waals surface area (Å²) in [5.41, 5.74) is 7.54. The largest absolute Gasteiger partial charge is 0.338 e. The molecule has 0 aliphatic carbocycles. The van der Waals surface area contributed by atoms with Crippen LogP contribution < -0.4 is 10.9 Å². The predicted molar refractivity (Wildman–Crippen MR) is 89.3 cm³/mol. The lowest BCUT2D eigenvalue weighted by Crippen LogP contribution is -2.40. The van der Waals surface area contributed by atoms with Crippen LogP contribution >= 0.6 is 0 Å². The molecule has 2 N–H and O–H groups in total. The quantitative estimate of drug-likeness (QED) is 0.762. The Hall–Kier alpha value is -2.02. The molecule has 0 radical (unpaired) electrons. The first-order valence-electron chi connectivity index (χ1n) is 7.97. The molecule has 1 saturated heterocycles. The van der Waals surface area contributed by atoms with Crippen LogP contribution in [-0.2, 0) is 6.54 Å². The second-order valence-electron chi connectivity index (χ2n) is 5.98. The predicted octanol–water partition coefficient (Wildman–Crippen LogP) is 1.98. The maximum Gasteiger partial charge on any atom is 0.241 e. The Labute approximate surface area is 136 Å². The lowest BCUT2D eigenvalue weighted by atomic mass is 10.1. The van der Waals surface area contributed by atoms with Gasteiger partial charge < -0.3 is 4.52 Å². The van der Waals surface area contributed by atoms with Crippen LogP contribution in [-0.4, -0.2) is 40.2 Å². The van der Waals surface area contributed by atoms with Gasteiger partial charge in [0.15, 0.2) is 0 Å². The van der Waals surface area contributed by atoms with Crippen LogP contribution in [0.15, 0.2) is 47.5 Å². The van der Waals surface area contributed by atoms with E-state index in [0.717, 1.165) is 25.1 Å². The highest BCUT2D eigenvalue weighted by Gasteiger charge is 2.23. The van der Waals surface area contributed by atoms with Crippen LogP contribution in [0.4, 0.5) is 0 Å². The van der Waals surface area contributed by atoms with Crippen molar-refractivity contribution in [3.05, 3.63) is 48.9 Å². The van der Waals surface area contributed by atoms with Gasteiger partial charge in [0.1, 0.15) is 0 Å². The molecule has 2 aromatic rings. The molecule has 0 bridgehead atoms. The van der Waals surface area contributed by atoms with Gasteiger partial charge in [0.25, 0.3) is 0 Å². The van der Waals surface area contributed by atoms with Crippen LogP contribution in [0, 0.1) is 0 Å². The number of aromatic nitrogens is 2. The Kier molecular flexibility index (Phi) is 5.17. The minimum Gasteiger partial charge on any atom is -0.338 e. The molecule has 0 saturated carbocycles. The summed E-state index contributed by atoms with van der Waals surface area (Å²) in [4.78, 5) is 6.76. The number of rotatable bonds is 7. The van der Waals surface area contributed by atoms with Gasteiger partial charge in [-0.25, -0.2) is 0 Å². The van der Waals surface area contributed by atoms with Gasteiger partial charge in [-0.15, -0.1) is 6.58 Å².